The van der Waals surface area contributed by atoms with Crippen molar-refractivity contribution in [1.82, 2.24) is 0 Å². The maximum atomic E-state index is 10.2. The molecule has 1 nitrogen and oxygen atoms in total. The Bertz CT molecular complexity index is 92.5. The van der Waals surface area contributed by atoms with Gasteiger partial charge in [0.05, 0.1) is 0 Å². The maximum absolute atomic E-state index is 10.2. The van der Waals surface area contributed by atoms with E-state index in [1.54, 1.807) is 0 Å². The summed E-state index contributed by atoms with van der Waals surface area (Å²) in [5.41, 5.74) is 0. The van der Waals surface area contributed by atoms with Crippen LogP contribution in [-0.4, -0.2) is 11.5 Å². The molecule has 0 radical (unpaired) electrons. The molecular weight excluding hydrogens is 120 g/mol. The van der Waals surface area contributed by atoms with Gasteiger partial charge < -0.3 is 4.79 Å². The number of carbonyl (C=O) groups is 1. The lowest BCUT2D eigenvalue weighted by Crippen LogP contribution is -2.07. The van der Waals surface area contributed by atoms with Crippen LogP contribution in [0.15, 0.2) is 0 Å². The van der Waals surface area contributed by atoms with Crippen molar-refractivity contribution in [3.05, 3.63) is 0 Å². The van der Waals surface area contributed by atoms with Crippen LogP contribution >= 0.6 is 12.6 Å². The number of hydrogen-bond acceptors (Lipinski definition) is 2. The van der Waals surface area contributed by atoms with Crippen LogP contribution in [0.5, 0.6) is 0 Å². The molecule has 0 bridgehead atoms. The zero-order valence-electron chi connectivity index (χ0n) is 4.71. The van der Waals surface area contributed by atoms with Gasteiger partial charge in [-0.25, -0.2) is 0 Å². The molecule has 1 aliphatic carbocycles. The molecule has 0 aliphatic heterocycles. The first-order chi connectivity index (χ1) is 3.84. The lowest BCUT2D eigenvalue weighted by atomic mass is 10.1. The second-order valence-corrected chi connectivity index (χ2v) is 2.96. The van der Waals surface area contributed by atoms with Gasteiger partial charge in [-0.05, 0) is 12.8 Å². The van der Waals surface area contributed by atoms with Gasteiger partial charge in [-0.3, -0.25) is 0 Å². The molecule has 0 aromatic carbocycles. The first-order valence-electron chi connectivity index (χ1n) is 2.98. The summed E-state index contributed by atoms with van der Waals surface area (Å²) in [5, 5.41) is 0.354. The van der Waals surface area contributed by atoms with Crippen LogP contribution in [0.1, 0.15) is 19.3 Å². The average molecular weight is 130 g/mol. The second-order valence-electron chi connectivity index (χ2n) is 2.30. The highest BCUT2D eigenvalue weighted by Crippen LogP contribution is 2.27. The van der Waals surface area contributed by atoms with Crippen molar-refractivity contribution in [3.63, 3.8) is 0 Å². The van der Waals surface area contributed by atoms with Crippen molar-refractivity contribution < 1.29 is 4.79 Å². The molecule has 0 aromatic rings. The van der Waals surface area contributed by atoms with Crippen LogP contribution in [-0.2, 0) is 4.79 Å². The molecule has 2 atom stereocenters. The van der Waals surface area contributed by atoms with Gasteiger partial charge in [-0.2, -0.15) is 12.6 Å². The highest BCUT2D eigenvalue weighted by molar-refractivity contribution is 7.81. The molecule has 1 rings (SSSR count). The zero-order valence-corrected chi connectivity index (χ0v) is 5.60. The fraction of sp³-hybridized carbons (Fsp3) is 0.833. The summed E-state index contributed by atoms with van der Waals surface area (Å²) in [6.45, 7) is 0. The van der Waals surface area contributed by atoms with Crippen LogP contribution < -0.4 is 0 Å². The quantitative estimate of drug-likeness (QED) is 0.418. The van der Waals surface area contributed by atoms with E-state index in [0.717, 1.165) is 19.1 Å². The molecule has 0 heterocycles. The minimum atomic E-state index is 0.248. The van der Waals surface area contributed by atoms with Gasteiger partial charge in [-0.15, -0.1) is 0 Å². The number of carbonyl (C=O) groups excluding carboxylic acids is 1. The molecule has 1 saturated carbocycles. The summed E-state index contributed by atoms with van der Waals surface area (Å²) >= 11 is 4.24. The maximum Gasteiger partial charge on any atom is 0.124 e. The van der Waals surface area contributed by atoms with Crippen molar-refractivity contribution in [2.24, 2.45) is 5.92 Å². The SMILES string of the molecule is O=CC1CCCC1S. The Morgan fingerprint density at radius 2 is 2.25 bits per heavy atom. The van der Waals surface area contributed by atoms with Gasteiger partial charge in [-0.1, -0.05) is 6.42 Å². The van der Waals surface area contributed by atoms with Crippen molar-refractivity contribution in [1.29, 1.82) is 0 Å². The Balaban J connectivity index is 2.41. The Morgan fingerprint density at radius 3 is 2.50 bits per heavy atom. The Hall–Kier alpha value is 0.0200. The highest BCUT2D eigenvalue weighted by atomic mass is 32.1. The van der Waals surface area contributed by atoms with Crippen LogP contribution in [0.25, 0.3) is 0 Å². The van der Waals surface area contributed by atoms with E-state index in [1.165, 1.54) is 6.42 Å². The predicted octanol–water partition coefficient (Wildman–Crippen LogP) is 1.28. The molecule has 8 heavy (non-hydrogen) atoms. The number of aldehydes is 1. The van der Waals surface area contributed by atoms with Crippen molar-refractivity contribution in [2.45, 2.75) is 24.5 Å². The van der Waals surface area contributed by atoms with Gasteiger partial charge in [0.1, 0.15) is 6.29 Å². The van der Waals surface area contributed by atoms with E-state index in [4.69, 9.17) is 0 Å². The van der Waals surface area contributed by atoms with E-state index >= 15 is 0 Å². The molecular formula is C6H10OS. The molecule has 0 amide bonds. The average Bonchev–Trinajstić information content (AvgIpc) is 2.14. The third-order valence-corrected chi connectivity index (χ3v) is 2.35. The van der Waals surface area contributed by atoms with Crippen LogP contribution in [0, 0.1) is 5.92 Å². The molecule has 46 valence electrons. The molecule has 0 spiro atoms. The number of rotatable bonds is 1. The Labute approximate surface area is 54.9 Å². The summed E-state index contributed by atoms with van der Waals surface area (Å²) in [6.07, 6.45) is 4.38. The topological polar surface area (TPSA) is 17.1 Å². The van der Waals surface area contributed by atoms with Crippen LogP contribution in [0.2, 0.25) is 0 Å². The zero-order chi connectivity index (χ0) is 5.98. The fourth-order valence-corrected chi connectivity index (χ4v) is 1.53. The van der Waals surface area contributed by atoms with E-state index in [0.29, 0.717) is 5.25 Å². The molecule has 0 N–H and O–H groups in total. The highest BCUT2D eigenvalue weighted by Gasteiger charge is 2.22. The Morgan fingerprint density at radius 1 is 1.50 bits per heavy atom. The molecule has 0 aromatic heterocycles. The standard InChI is InChI=1S/C6H10OS/c7-4-5-2-1-3-6(5)8/h4-6,8H,1-3H2. The van der Waals surface area contributed by atoms with E-state index in [2.05, 4.69) is 12.6 Å². The van der Waals surface area contributed by atoms with Crippen molar-refractivity contribution in [2.75, 3.05) is 0 Å². The van der Waals surface area contributed by atoms with Crippen molar-refractivity contribution in [3.8, 4) is 0 Å². The van der Waals surface area contributed by atoms with Gasteiger partial charge >= 0.3 is 0 Å². The van der Waals surface area contributed by atoms with Crippen LogP contribution in [0.3, 0.4) is 0 Å². The Kier molecular flexibility index (Phi) is 1.95. The minimum absolute atomic E-state index is 0.248. The molecule has 2 unspecified atom stereocenters. The van der Waals surface area contributed by atoms with E-state index < -0.39 is 0 Å². The van der Waals surface area contributed by atoms with E-state index in [1.807, 2.05) is 0 Å². The molecule has 1 fully saturated rings. The largest absolute Gasteiger partial charge is 0.303 e. The third-order valence-electron chi connectivity index (χ3n) is 1.71. The normalized spacial score (nSPS) is 37.6. The third kappa shape index (κ3) is 1.05. The molecule has 0 saturated heterocycles. The summed E-state index contributed by atoms with van der Waals surface area (Å²) in [7, 11) is 0. The van der Waals surface area contributed by atoms with Gasteiger partial charge in [0.25, 0.3) is 0 Å². The van der Waals surface area contributed by atoms with Gasteiger partial charge in [0.2, 0.25) is 0 Å². The monoisotopic (exact) mass is 130 g/mol. The smallest absolute Gasteiger partial charge is 0.124 e. The first-order valence-corrected chi connectivity index (χ1v) is 3.49. The van der Waals surface area contributed by atoms with Gasteiger partial charge in [0.15, 0.2) is 0 Å². The number of hydrogen-bond donors (Lipinski definition) is 1. The van der Waals surface area contributed by atoms with Crippen LogP contribution in [0.4, 0.5) is 0 Å². The summed E-state index contributed by atoms with van der Waals surface area (Å²) in [5.74, 6) is 0.248. The number of thiol groups is 1. The predicted molar refractivity (Wildman–Crippen MR) is 36.2 cm³/mol. The van der Waals surface area contributed by atoms with E-state index in [-0.39, 0.29) is 5.92 Å². The minimum Gasteiger partial charge on any atom is -0.303 e. The van der Waals surface area contributed by atoms with Gasteiger partial charge in [0, 0.05) is 11.2 Å². The first kappa shape index (κ1) is 6.14. The van der Waals surface area contributed by atoms with Crippen molar-refractivity contribution >= 4 is 18.9 Å². The summed E-state index contributed by atoms with van der Waals surface area (Å²) in [6, 6.07) is 0. The fourth-order valence-electron chi connectivity index (χ4n) is 1.13. The summed E-state index contributed by atoms with van der Waals surface area (Å²) < 4.78 is 0. The second kappa shape index (κ2) is 2.53. The van der Waals surface area contributed by atoms with E-state index in [9.17, 15) is 4.79 Å². The lowest BCUT2D eigenvalue weighted by Gasteiger charge is -2.02. The lowest BCUT2D eigenvalue weighted by molar-refractivity contribution is -0.110. The molecule has 1 aliphatic rings. The molecule has 2 heteroatoms. The summed E-state index contributed by atoms with van der Waals surface area (Å²) in [4.78, 5) is 10.2.